The van der Waals surface area contributed by atoms with Crippen LogP contribution in [0.4, 0.5) is 4.39 Å². The molecule has 0 saturated heterocycles. The van der Waals surface area contributed by atoms with Gasteiger partial charge in [0.25, 0.3) is 0 Å². The average molecular weight is 377 g/mol. The third-order valence-corrected chi connectivity index (χ3v) is 4.48. The molecule has 0 spiro atoms. The smallest absolute Gasteiger partial charge is 0.218 e. The Morgan fingerprint density at radius 1 is 1.19 bits per heavy atom. The van der Waals surface area contributed by atoms with Gasteiger partial charge in [-0.3, -0.25) is 9.59 Å². The van der Waals surface area contributed by atoms with Crippen LogP contribution >= 0.6 is 11.6 Å². The molecule has 1 amide bonds. The lowest BCUT2D eigenvalue weighted by molar-refractivity contribution is -0.118. The zero-order valence-electron chi connectivity index (χ0n) is 14.8. The first-order valence-electron chi connectivity index (χ1n) is 8.47. The normalized spacial score (nSPS) is 13.2. The zero-order valence-corrected chi connectivity index (χ0v) is 15.5. The Balaban J connectivity index is 2.38. The highest BCUT2D eigenvalue weighted by Gasteiger charge is 2.24. The molecule has 2 atom stereocenters. The van der Waals surface area contributed by atoms with Crippen LogP contribution in [0.5, 0.6) is 0 Å². The lowest BCUT2D eigenvalue weighted by Gasteiger charge is -2.23. The highest BCUT2D eigenvalue weighted by Crippen LogP contribution is 2.30. The van der Waals surface area contributed by atoms with Crippen molar-refractivity contribution < 1.29 is 14.0 Å². The molecule has 0 aliphatic carbocycles. The summed E-state index contributed by atoms with van der Waals surface area (Å²) in [6, 6.07) is 10.9. The summed E-state index contributed by atoms with van der Waals surface area (Å²) in [5, 5.41) is 3.25. The van der Waals surface area contributed by atoms with E-state index >= 15 is 4.39 Å². The molecule has 2 aromatic rings. The Kier molecular flexibility index (Phi) is 6.89. The number of primary amides is 1. The molecular weight excluding hydrogens is 355 g/mol. The third kappa shape index (κ3) is 4.68. The molecule has 0 saturated carbocycles. The number of hydrogen-bond acceptors (Lipinski definition) is 3. The van der Waals surface area contributed by atoms with Gasteiger partial charge in [-0.1, -0.05) is 54.9 Å². The Morgan fingerprint density at radius 3 is 2.42 bits per heavy atom. The van der Waals surface area contributed by atoms with Crippen LogP contribution in [0.3, 0.4) is 0 Å². The van der Waals surface area contributed by atoms with Gasteiger partial charge < -0.3 is 11.1 Å². The summed E-state index contributed by atoms with van der Waals surface area (Å²) in [7, 11) is 0. The van der Waals surface area contributed by atoms with Crippen molar-refractivity contribution in [1.29, 1.82) is 0 Å². The van der Waals surface area contributed by atoms with Crippen molar-refractivity contribution in [2.24, 2.45) is 5.73 Å². The number of benzene rings is 2. The topological polar surface area (TPSA) is 72.2 Å². The lowest BCUT2D eigenvalue weighted by atomic mass is 9.95. The van der Waals surface area contributed by atoms with Crippen LogP contribution in [-0.2, 0) is 4.79 Å². The molecule has 0 aliphatic heterocycles. The van der Waals surface area contributed by atoms with E-state index < -0.39 is 17.5 Å². The van der Waals surface area contributed by atoms with Gasteiger partial charge in [0.2, 0.25) is 5.91 Å². The van der Waals surface area contributed by atoms with E-state index in [1.54, 1.807) is 43.3 Å². The summed E-state index contributed by atoms with van der Waals surface area (Å²) < 4.78 is 15.2. The Labute approximate surface area is 157 Å². The second-order valence-corrected chi connectivity index (χ2v) is 6.63. The van der Waals surface area contributed by atoms with Crippen LogP contribution < -0.4 is 11.1 Å². The van der Waals surface area contributed by atoms with E-state index in [0.717, 1.165) is 0 Å². The number of carbonyl (C=O) groups excluding carboxylic acids is 2. The largest absolute Gasteiger partial charge is 0.370 e. The number of halogens is 2. The van der Waals surface area contributed by atoms with Gasteiger partial charge in [-0.05, 0) is 19.4 Å². The highest BCUT2D eigenvalue weighted by molar-refractivity contribution is 6.35. The van der Waals surface area contributed by atoms with Crippen molar-refractivity contribution in [3.05, 3.63) is 70.0 Å². The molecule has 0 aliphatic rings. The fourth-order valence-corrected chi connectivity index (χ4v) is 3.14. The summed E-state index contributed by atoms with van der Waals surface area (Å²) in [5.74, 6) is -1.54. The Hall–Kier alpha value is -2.24. The SMILES string of the molecule is CC[C@@H](N[C@H](C)CC(N)=O)c1ccc(Cl)c(C(=O)c2ccccc2)c1F. The molecule has 0 bridgehead atoms. The molecule has 138 valence electrons. The number of rotatable bonds is 8. The first-order valence-corrected chi connectivity index (χ1v) is 8.84. The number of amides is 1. The van der Waals surface area contributed by atoms with Crippen LogP contribution in [0.15, 0.2) is 42.5 Å². The molecule has 0 radical (unpaired) electrons. The summed E-state index contributed by atoms with van der Waals surface area (Å²) >= 11 is 6.13. The lowest BCUT2D eigenvalue weighted by Crippen LogP contribution is -2.34. The molecule has 2 aromatic carbocycles. The predicted molar refractivity (Wildman–Crippen MR) is 101 cm³/mol. The number of carbonyl (C=O) groups is 2. The van der Waals surface area contributed by atoms with Crippen LogP contribution in [0, 0.1) is 5.82 Å². The molecule has 0 fully saturated rings. The van der Waals surface area contributed by atoms with Crippen LogP contribution in [0.2, 0.25) is 5.02 Å². The molecule has 4 nitrogen and oxygen atoms in total. The van der Waals surface area contributed by atoms with Gasteiger partial charge in [0, 0.05) is 29.6 Å². The quantitative estimate of drug-likeness (QED) is 0.683. The number of nitrogens with one attached hydrogen (secondary N) is 1. The van der Waals surface area contributed by atoms with Gasteiger partial charge in [0.1, 0.15) is 5.82 Å². The van der Waals surface area contributed by atoms with E-state index in [2.05, 4.69) is 5.32 Å². The first-order chi connectivity index (χ1) is 12.3. The second-order valence-electron chi connectivity index (χ2n) is 6.22. The van der Waals surface area contributed by atoms with Gasteiger partial charge in [-0.25, -0.2) is 4.39 Å². The molecule has 26 heavy (non-hydrogen) atoms. The zero-order chi connectivity index (χ0) is 19.3. The maximum atomic E-state index is 15.2. The molecular formula is C20H22ClFN2O2. The summed E-state index contributed by atoms with van der Waals surface area (Å²) in [5.41, 5.74) is 5.78. The number of nitrogens with two attached hydrogens (primary N) is 1. The highest BCUT2D eigenvalue weighted by atomic mass is 35.5. The first kappa shape index (κ1) is 20.1. The van der Waals surface area contributed by atoms with Gasteiger partial charge >= 0.3 is 0 Å². The number of ketones is 1. The van der Waals surface area contributed by atoms with Gasteiger partial charge in [-0.15, -0.1) is 0 Å². The summed E-state index contributed by atoms with van der Waals surface area (Å²) in [6.45, 7) is 3.69. The minimum atomic E-state index is -0.642. The fourth-order valence-electron chi connectivity index (χ4n) is 2.91. The molecule has 2 rings (SSSR count). The van der Waals surface area contributed by atoms with E-state index in [1.807, 2.05) is 6.92 Å². The molecule has 6 heteroatoms. The Bertz CT molecular complexity index is 796. The number of hydrogen-bond donors (Lipinski definition) is 2. The van der Waals surface area contributed by atoms with Crippen LogP contribution in [0.1, 0.15) is 54.2 Å². The van der Waals surface area contributed by atoms with Gasteiger partial charge in [-0.2, -0.15) is 0 Å². The van der Waals surface area contributed by atoms with E-state index in [1.165, 1.54) is 6.07 Å². The maximum absolute atomic E-state index is 15.2. The van der Waals surface area contributed by atoms with Gasteiger partial charge in [0.15, 0.2) is 5.78 Å². The van der Waals surface area contributed by atoms with E-state index in [9.17, 15) is 9.59 Å². The standard InChI is InChI=1S/C20H22ClFN2O2/c1-3-16(24-12(2)11-17(23)25)14-9-10-15(21)18(19(14)22)20(26)13-7-5-4-6-8-13/h4-10,12,16,24H,3,11H2,1-2H3,(H2,23,25)/t12-,16-/m1/s1. The van der Waals surface area contributed by atoms with Crippen LogP contribution in [-0.4, -0.2) is 17.7 Å². The predicted octanol–water partition coefficient (Wildman–Crippen LogP) is 4.01. The van der Waals surface area contributed by atoms with E-state index in [4.69, 9.17) is 17.3 Å². The minimum absolute atomic E-state index is 0.0696. The van der Waals surface area contributed by atoms with Crippen molar-refractivity contribution in [2.75, 3.05) is 0 Å². The fraction of sp³-hybridized carbons (Fsp3) is 0.300. The molecule has 3 N–H and O–H groups in total. The van der Waals surface area contributed by atoms with Crippen molar-refractivity contribution in [1.82, 2.24) is 5.32 Å². The molecule has 0 unspecified atom stereocenters. The third-order valence-electron chi connectivity index (χ3n) is 4.16. The van der Waals surface area contributed by atoms with Crippen molar-refractivity contribution >= 4 is 23.3 Å². The monoisotopic (exact) mass is 376 g/mol. The van der Waals surface area contributed by atoms with Gasteiger partial charge in [0.05, 0.1) is 10.6 Å². The van der Waals surface area contributed by atoms with E-state index in [-0.39, 0.29) is 29.1 Å². The van der Waals surface area contributed by atoms with Crippen molar-refractivity contribution in [2.45, 2.75) is 38.8 Å². The summed E-state index contributed by atoms with van der Waals surface area (Å²) in [6.07, 6.45) is 0.710. The molecule has 0 aromatic heterocycles. The minimum Gasteiger partial charge on any atom is -0.370 e. The van der Waals surface area contributed by atoms with Crippen molar-refractivity contribution in [3.8, 4) is 0 Å². The Morgan fingerprint density at radius 2 is 1.85 bits per heavy atom. The molecule has 0 heterocycles. The second kappa shape index (κ2) is 8.92. The van der Waals surface area contributed by atoms with Crippen molar-refractivity contribution in [3.63, 3.8) is 0 Å². The average Bonchev–Trinajstić information content (AvgIpc) is 2.60. The van der Waals surface area contributed by atoms with E-state index in [0.29, 0.717) is 17.5 Å². The maximum Gasteiger partial charge on any atom is 0.218 e. The van der Waals surface area contributed by atoms with Crippen LogP contribution in [0.25, 0.3) is 0 Å². The summed E-state index contributed by atoms with van der Waals surface area (Å²) in [4.78, 5) is 23.8.